The highest BCUT2D eigenvalue weighted by atomic mass is 35.5. The van der Waals surface area contributed by atoms with E-state index < -0.39 is 6.10 Å². The Hall–Kier alpha value is -1.16. The van der Waals surface area contributed by atoms with Gasteiger partial charge in [0.1, 0.15) is 5.75 Å². The first-order valence-electron chi connectivity index (χ1n) is 6.37. The molecule has 2 nitrogen and oxygen atoms in total. The van der Waals surface area contributed by atoms with Crippen LogP contribution in [-0.2, 0) is 6.42 Å². The van der Waals surface area contributed by atoms with E-state index in [1.165, 1.54) is 0 Å². The lowest BCUT2D eigenvalue weighted by molar-refractivity contribution is 0.200. The Morgan fingerprint density at radius 3 is 2.75 bits per heavy atom. The maximum atomic E-state index is 10.1. The van der Waals surface area contributed by atoms with Crippen molar-refractivity contribution >= 4 is 23.4 Å². The second-order valence-electron chi connectivity index (χ2n) is 4.48. The van der Waals surface area contributed by atoms with Crippen LogP contribution in [0.1, 0.15) is 5.56 Å². The molecule has 106 valence electrons. The van der Waals surface area contributed by atoms with Gasteiger partial charge >= 0.3 is 0 Å². The average Bonchev–Trinajstić information content (AvgIpc) is 2.45. The number of hydrogen-bond acceptors (Lipinski definition) is 3. The molecule has 0 aliphatic rings. The number of rotatable bonds is 6. The van der Waals surface area contributed by atoms with Gasteiger partial charge in [-0.05, 0) is 42.3 Å². The molecule has 0 saturated heterocycles. The number of aliphatic hydroxyl groups is 1. The molecule has 1 unspecified atom stereocenters. The van der Waals surface area contributed by atoms with Gasteiger partial charge in [-0.25, -0.2) is 0 Å². The number of halogens is 1. The zero-order valence-corrected chi connectivity index (χ0v) is 12.8. The molecule has 0 bridgehead atoms. The van der Waals surface area contributed by atoms with Crippen LogP contribution in [0.25, 0.3) is 0 Å². The summed E-state index contributed by atoms with van der Waals surface area (Å²) in [4.78, 5) is 1.07. The molecule has 0 heterocycles. The summed E-state index contributed by atoms with van der Waals surface area (Å²) >= 11 is 7.54. The van der Waals surface area contributed by atoms with Crippen molar-refractivity contribution in [3.8, 4) is 5.75 Å². The van der Waals surface area contributed by atoms with Crippen molar-refractivity contribution in [2.45, 2.75) is 17.4 Å². The van der Waals surface area contributed by atoms with E-state index in [1.807, 2.05) is 48.5 Å². The van der Waals surface area contributed by atoms with Gasteiger partial charge in [0.25, 0.3) is 0 Å². The van der Waals surface area contributed by atoms with Crippen molar-refractivity contribution in [1.82, 2.24) is 0 Å². The minimum Gasteiger partial charge on any atom is -0.497 e. The van der Waals surface area contributed by atoms with Crippen LogP contribution in [0.2, 0.25) is 5.02 Å². The number of aliphatic hydroxyl groups excluding tert-OH is 1. The molecule has 0 aromatic heterocycles. The highest BCUT2D eigenvalue weighted by molar-refractivity contribution is 7.99. The molecule has 1 N–H and O–H groups in total. The van der Waals surface area contributed by atoms with Crippen LogP contribution in [0.5, 0.6) is 5.75 Å². The van der Waals surface area contributed by atoms with E-state index in [2.05, 4.69) is 0 Å². The first-order chi connectivity index (χ1) is 9.67. The van der Waals surface area contributed by atoms with Crippen LogP contribution in [-0.4, -0.2) is 24.1 Å². The molecule has 2 aromatic rings. The number of thioether (sulfide) groups is 1. The maximum absolute atomic E-state index is 10.1. The second kappa shape index (κ2) is 7.58. The Bertz CT molecular complexity index is 560. The topological polar surface area (TPSA) is 29.5 Å². The lowest BCUT2D eigenvalue weighted by atomic mass is 10.1. The summed E-state index contributed by atoms with van der Waals surface area (Å²) in [6.07, 6.45) is 0.219. The molecule has 0 spiro atoms. The molecule has 0 radical (unpaired) electrons. The minimum absolute atomic E-state index is 0.397. The third-order valence-corrected chi connectivity index (χ3v) is 4.22. The van der Waals surface area contributed by atoms with Gasteiger partial charge in [0.05, 0.1) is 13.2 Å². The smallest absolute Gasteiger partial charge is 0.119 e. The van der Waals surface area contributed by atoms with E-state index in [9.17, 15) is 5.11 Å². The van der Waals surface area contributed by atoms with E-state index in [-0.39, 0.29) is 0 Å². The predicted molar refractivity (Wildman–Crippen MR) is 84.9 cm³/mol. The van der Waals surface area contributed by atoms with Crippen molar-refractivity contribution in [2.75, 3.05) is 12.9 Å². The minimum atomic E-state index is -0.397. The Labute approximate surface area is 128 Å². The summed E-state index contributed by atoms with van der Waals surface area (Å²) in [5.41, 5.74) is 1.07. The number of hydrogen-bond donors (Lipinski definition) is 1. The fourth-order valence-electron chi connectivity index (χ4n) is 1.88. The third kappa shape index (κ3) is 4.75. The SMILES string of the molecule is COc1cccc(CC(O)CSc2cccc(Cl)c2)c1. The molecule has 2 aromatic carbocycles. The quantitative estimate of drug-likeness (QED) is 0.817. The molecule has 0 amide bonds. The van der Waals surface area contributed by atoms with E-state index in [0.29, 0.717) is 12.2 Å². The fourth-order valence-corrected chi connectivity index (χ4v) is 3.02. The van der Waals surface area contributed by atoms with Gasteiger partial charge in [-0.2, -0.15) is 0 Å². The Kier molecular flexibility index (Phi) is 5.77. The Morgan fingerprint density at radius 1 is 1.20 bits per heavy atom. The van der Waals surface area contributed by atoms with E-state index in [4.69, 9.17) is 16.3 Å². The summed E-state index contributed by atoms with van der Waals surface area (Å²) in [6, 6.07) is 15.4. The van der Waals surface area contributed by atoms with Crippen LogP contribution < -0.4 is 4.74 Å². The summed E-state index contributed by atoms with van der Waals surface area (Å²) in [5, 5.41) is 10.8. The highest BCUT2D eigenvalue weighted by Gasteiger charge is 2.07. The van der Waals surface area contributed by atoms with Crippen LogP contribution in [0.15, 0.2) is 53.4 Å². The summed E-state index contributed by atoms with van der Waals surface area (Å²) in [7, 11) is 1.64. The molecule has 0 fully saturated rings. The predicted octanol–water partition coefficient (Wildman–Crippen LogP) is 4.04. The van der Waals surface area contributed by atoms with Crippen LogP contribution in [0, 0.1) is 0 Å². The van der Waals surface area contributed by atoms with Crippen molar-refractivity contribution in [3.63, 3.8) is 0 Å². The van der Waals surface area contributed by atoms with Gasteiger partial charge in [-0.15, -0.1) is 11.8 Å². The summed E-state index contributed by atoms with van der Waals surface area (Å²) in [5.74, 6) is 1.45. The molecule has 0 aliphatic carbocycles. The second-order valence-corrected chi connectivity index (χ2v) is 6.01. The van der Waals surface area contributed by atoms with Crippen LogP contribution >= 0.6 is 23.4 Å². The standard InChI is InChI=1S/C16H17ClO2S/c1-19-15-6-2-4-12(9-15)8-14(18)11-20-16-7-3-5-13(17)10-16/h2-7,9-10,14,18H,8,11H2,1H3. The molecular formula is C16H17ClO2S. The maximum Gasteiger partial charge on any atom is 0.119 e. The molecule has 20 heavy (non-hydrogen) atoms. The highest BCUT2D eigenvalue weighted by Crippen LogP contribution is 2.23. The van der Waals surface area contributed by atoms with E-state index in [0.717, 1.165) is 21.2 Å². The van der Waals surface area contributed by atoms with Gasteiger partial charge in [0.15, 0.2) is 0 Å². The molecular weight excluding hydrogens is 292 g/mol. The lowest BCUT2D eigenvalue weighted by Gasteiger charge is -2.11. The summed E-state index contributed by atoms with van der Waals surface area (Å²) in [6.45, 7) is 0. The molecule has 4 heteroatoms. The zero-order chi connectivity index (χ0) is 14.4. The Morgan fingerprint density at radius 2 is 2.00 bits per heavy atom. The van der Waals surface area contributed by atoms with Gasteiger partial charge in [0.2, 0.25) is 0 Å². The van der Waals surface area contributed by atoms with Gasteiger partial charge in [0, 0.05) is 15.7 Å². The Balaban J connectivity index is 1.87. The first-order valence-corrected chi connectivity index (χ1v) is 7.73. The van der Waals surface area contributed by atoms with Crippen molar-refractivity contribution in [2.24, 2.45) is 0 Å². The normalized spacial score (nSPS) is 12.2. The molecule has 0 saturated carbocycles. The van der Waals surface area contributed by atoms with Crippen molar-refractivity contribution < 1.29 is 9.84 Å². The zero-order valence-electron chi connectivity index (χ0n) is 11.3. The van der Waals surface area contributed by atoms with Gasteiger partial charge in [-0.1, -0.05) is 29.8 Å². The van der Waals surface area contributed by atoms with Crippen LogP contribution in [0.3, 0.4) is 0 Å². The van der Waals surface area contributed by atoms with Gasteiger partial charge < -0.3 is 9.84 Å². The summed E-state index contributed by atoms with van der Waals surface area (Å²) < 4.78 is 5.18. The molecule has 0 aliphatic heterocycles. The fraction of sp³-hybridized carbons (Fsp3) is 0.250. The van der Waals surface area contributed by atoms with Crippen molar-refractivity contribution in [1.29, 1.82) is 0 Å². The number of ether oxygens (including phenoxy) is 1. The lowest BCUT2D eigenvalue weighted by Crippen LogP contribution is -2.13. The first kappa shape index (κ1) is 15.2. The van der Waals surface area contributed by atoms with E-state index in [1.54, 1.807) is 18.9 Å². The third-order valence-electron chi connectivity index (χ3n) is 2.84. The van der Waals surface area contributed by atoms with Crippen LogP contribution in [0.4, 0.5) is 0 Å². The average molecular weight is 309 g/mol. The largest absolute Gasteiger partial charge is 0.497 e. The monoisotopic (exact) mass is 308 g/mol. The molecule has 2 rings (SSSR count). The molecule has 1 atom stereocenters. The van der Waals surface area contributed by atoms with Crippen molar-refractivity contribution in [3.05, 3.63) is 59.1 Å². The number of methoxy groups -OCH3 is 1. The number of benzene rings is 2. The van der Waals surface area contributed by atoms with Gasteiger partial charge in [-0.3, -0.25) is 0 Å². The van der Waals surface area contributed by atoms with E-state index >= 15 is 0 Å².